The molecule has 0 spiro atoms. The molecule has 1 saturated heterocycles. The van der Waals surface area contributed by atoms with Crippen molar-refractivity contribution in [2.45, 2.75) is 44.2 Å². The quantitative estimate of drug-likeness (QED) is 0.641. The smallest absolute Gasteiger partial charge is 0.243 e. The molecule has 1 aliphatic heterocycles. The Hall–Kier alpha value is -2.42. The van der Waals surface area contributed by atoms with E-state index >= 15 is 0 Å². The molecule has 1 aliphatic rings. The van der Waals surface area contributed by atoms with Crippen molar-refractivity contribution < 1.29 is 17.9 Å². The standard InChI is InChI=1S/C23H31N3O4S/c1-4-30-21-11-7-19(8-12-21)17-25(3)18(2)23(27)24-20-9-13-22(14-10-20)31(28,29)26-15-5-6-16-26/h7-14,18H,4-6,15-17H2,1-3H3,(H,24,27). The molecule has 1 amide bonds. The van der Waals surface area contributed by atoms with Crippen LogP contribution in [0.5, 0.6) is 5.75 Å². The molecule has 0 saturated carbocycles. The van der Waals surface area contributed by atoms with Crippen LogP contribution in [-0.2, 0) is 21.4 Å². The fourth-order valence-electron chi connectivity index (χ4n) is 3.52. The number of nitrogens with one attached hydrogen (secondary N) is 1. The summed E-state index contributed by atoms with van der Waals surface area (Å²) in [6.07, 6.45) is 1.80. The minimum atomic E-state index is -3.45. The van der Waals surface area contributed by atoms with Crippen LogP contribution in [0.2, 0.25) is 0 Å². The van der Waals surface area contributed by atoms with Crippen LogP contribution in [0, 0.1) is 0 Å². The molecule has 0 radical (unpaired) electrons. The number of benzene rings is 2. The first kappa shape index (κ1) is 23.2. The third kappa shape index (κ3) is 5.84. The number of nitrogens with zero attached hydrogens (tertiary/aromatic N) is 2. The molecule has 1 unspecified atom stereocenters. The van der Waals surface area contributed by atoms with Gasteiger partial charge in [-0.25, -0.2) is 8.42 Å². The zero-order valence-electron chi connectivity index (χ0n) is 18.4. The Morgan fingerprint density at radius 1 is 1.10 bits per heavy atom. The van der Waals surface area contributed by atoms with Gasteiger partial charge in [-0.1, -0.05) is 12.1 Å². The van der Waals surface area contributed by atoms with Crippen molar-refractivity contribution in [2.75, 3.05) is 32.1 Å². The normalized spacial score (nSPS) is 15.7. The summed E-state index contributed by atoms with van der Waals surface area (Å²) < 4.78 is 32.2. The van der Waals surface area contributed by atoms with Gasteiger partial charge in [0.25, 0.3) is 0 Å². The van der Waals surface area contributed by atoms with E-state index < -0.39 is 10.0 Å². The lowest BCUT2D eigenvalue weighted by atomic mass is 10.1. The van der Waals surface area contributed by atoms with Gasteiger partial charge in [0, 0.05) is 25.3 Å². The topological polar surface area (TPSA) is 79.0 Å². The Labute approximate surface area is 185 Å². The molecule has 31 heavy (non-hydrogen) atoms. The summed E-state index contributed by atoms with van der Waals surface area (Å²) in [5.41, 5.74) is 1.66. The SMILES string of the molecule is CCOc1ccc(CN(C)C(C)C(=O)Nc2ccc(S(=O)(=O)N3CCCC3)cc2)cc1. The van der Waals surface area contributed by atoms with E-state index in [4.69, 9.17) is 4.74 Å². The zero-order valence-corrected chi connectivity index (χ0v) is 19.2. The predicted molar refractivity (Wildman–Crippen MR) is 122 cm³/mol. The third-order valence-corrected chi connectivity index (χ3v) is 7.44. The molecule has 1 N–H and O–H groups in total. The number of hydrogen-bond donors (Lipinski definition) is 1. The molecule has 8 heteroatoms. The zero-order chi connectivity index (χ0) is 22.4. The van der Waals surface area contributed by atoms with Crippen LogP contribution < -0.4 is 10.1 Å². The molecule has 1 fully saturated rings. The Morgan fingerprint density at radius 2 is 1.71 bits per heavy atom. The average Bonchev–Trinajstić information content (AvgIpc) is 3.31. The highest BCUT2D eigenvalue weighted by atomic mass is 32.2. The van der Waals surface area contributed by atoms with Crippen LogP contribution in [0.15, 0.2) is 53.4 Å². The van der Waals surface area contributed by atoms with Crippen LogP contribution >= 0.6 is 0 Å². The Morgan fingerprint density at radius 3 is 2.29 bits per heavy atom. The van der Waals surface area contributed by atoms with Gasteiger partial charge in [0.05, 0.1) is 17.5 Å². The number of hydrogen-bond acceptors (Lipinski definition) is 5. The molecule has 0 aromatic heterocycles. The maximum atomic E-state index is 12.7. The fourth-order valence-corrected chi connectivity index (χ4v) is 5.03. The summed E-state index contributed by atoms with van der Waals surface area (Å²) in [6.45, 7) is 6.17. The highest BCUT2D eigenvalue weighted by Gasteiger charge is 2.27. The van der Waals surface area contributed by atoms with E-state index in [2.05, 4.69) is 5.32 Å². The van der Waals surface area contributed by atoms with Crippen molar-refractivity contribution >= 4 is 21.6 Å². The van der Waals surface area contributed by atoms with Gasteiger partial charge in [0.15, 0.2) is 0 Å². The highest BCUT2D eigenvalue weighted by Crippen LogP contribution is 2.22. The van der Waals surface area contributed by atoms with Crippen molar-refractivity contribution in [1.82, 2.24) is 9.21 Å². The van der Waals surface area contributed by atoms with Crippen molar-refractivity contribution in [2.24, 2.45) is 0 Å². The van der Waals surface area contributed by atoms with Gasteiger partial charge in [0.1, 0.15) is 5.75 Å². The monoisotopic (exact) mass is 445 g/mol. The molecule has 7 nitrogen and oxygen atoms in total. The van der Waals surface area contributed by atoms with Gasteiger partial charge >= 0.3 is 0 Å². The average molecular weight is 446 g/mol. The van der Waals surface area contributed by atoms with Crippen LogP contribution in [0.25, 0.3) is 0 Å². The summed E-state index contributed by atoms with van der Waals surface area (Å²) in [7, 11) is -1.56. The van der Waals surface area contributed by atoms with Crippen molar-refractivity contribution in [3.63, 3.8) is 0 Å². The lowest BCUT2D eigenvalue weighted by Crippen LogP contribution is -2.39. The lowest BCUT2D eigenvalue weighted by Gasteiger charge is -2.24. The number of rotatable bonds is 9. The number of ether oxygens (including phenoxy) is 1. The van der Waals surface area contributed by atoms with Crippen LogP contribution in [0.3, 0.4) is 0 Å². The summed E-state index contributed by atoms with van der Waals surface area (Å²) in [5.74, 6) is 0.679. The van der Waals surface area contributed by atoms with Gasteiger partial charge in [-0.3, -0.25) is 9.69 Å². The number of sulfonamides is 1. The van der Waals surface area contributed by atoms with E-state index in [0.29, 0.717) is 31.9 Å². The molecular weight excluding hydrogens is 414 g/mol. The number of anilines is 1. The first-order valence-electron chi connectivity index (χ1n) is 10.6. The van der Waals surface area contributed by atoms with E-state index in [1.165, 1.54) is 4.31 Å². The van der Waals surface area contributed by atoms with Crippen LogP contribution in [0.4, 0.5) is 5.69 Å². The van der Waals surface area contributed by atoms with E-state index in [-0.39, 0.29) is 16.8 Å². The Balaban J connectivity index is 1.57. The summed E-state index contributed by atoms with van der Waals surface area (Å²) in [4.78, 5) is 14.9. The third-order valence-electron chi connectivity index (χ3n) is 5.53. The maximum absolute atomic E-state index is 12.7. The van der Waals surface area contributed by atoms with Crippen molar-refractivity contribution in [3.05, 3.63) is 54.1 Å². The summed E-state index contributed by atoms with van der Waals surface area (Å²) >= 11 is 0. The minimum Gasteiger partial charge on any atom is -0.494 e. The Kier molecular flexibility index (Phi) is 7.69. The molecule has 2 aromatic rings. The van der Waals surface area contributed by atoms with E-state index in [0.717, 1.165) is 24.2 Å². The van der Waals surface area contributed by atoms with E-state index in [1.807, 2.05) is 50.1 Å². The van der Waals surface area contributed by atoms with Crippen molar-refractivity contribution in [3.8, 4) is 5.75 Å². The second-order valence-corrected chi connectivity index (χ2v) is 9.73. The molecule has 3 rings (SSSR count). The van der Waals surface area contributed by atoms with Gasteiger partial charge < -0.3 is 10.1 Å². The van der Waals surface area contributed by atoms with E-state index in [9.17, 15) is 13.2 Å². The number of likely N-dealkylation sites (N-methyl/N-ethyl adjacent to an activating group) is 1. The van der Waals surface area contributed by atoms with E-state index in [1.54, 1.807) is 24.3 Å². The highest BCUT2D eigenvalue weighted by molar-refractivity contribution is 7.89. The van der Waals surface area contributed by atoms with Gasteiger partial charge in [-0.2, -0.15) is 4.31 Å². The van der Waals surface area contributed by atoms with Gasteiger partial charge in [0.2, 0.25) is 15.9 Å². The number of amides is 1. The first-order valence-corrected chi connectivity index (χ1v) is 12.1. The second-order valence-electron chi connectivity index (χ2n) is 7.79. The molecular formula is C23H31N3O4S. The van der Waals surface area contributed by atoms with Crippen LogP contribution in [0.1, 0.15) is 32.3 Å². The molecule has 1 atom stereocenters. The second kappa shape index (κ2) is 10.3. The van der Waals surface area contributed by atoms with Crippen molar-refractivity contribution in [1.29, 1.82) is 0 Å². The summed E-state index contributed by atoms with van der Waals surface area (Å²) in [5, 5.41) is 2.87. The fraction of sp³-hybridized carbons (Fsp3) is 0.435. The largest absolute Gasteiger partial charge is 0.494 e. The predicted octanol–water partition coefficient (Wildman–Crippen LogP) is 3.33. The molecule has 0 bridgehead atoms. The van der Waals surface area contributed by atoms with Gasteiger partial charge in [-0.15, -0.1) is 0 Å². The van der Waals surface area contributed by atoms with Crippen LogP contribution in [-0.4, -0.2) is 56.3 Å². The first-order chi connectivity index (χ1) is 14.8. The molecule has 1 heterocycles. The maximum Gasteiger partial charge on any atom is 0.243 e. The van der Waals surface area contributed by atoms with Gasteiger partial charge in [-0.05, 0) is 75.7 Å². The Bertz CT molecular complexity index is 969. The molecule has 0 aliphatic carbocycles. The molecule has 168 valence electrons. The summed E-state index contributed by atoms with van der Waals surface area (Å²) in [6, 6.07) is 13.9. The minimum absolute atomic E-state index is 0.149. The number of carbonyl (C=O) groups is 1. The number of carbonyl (C=O) groups excluding carboxylic acids is 1. The lowest BCUT2D eigenvalue weighted by molar-refractivity contribution is -0.120. The molecule has 2 aromatic carbocycles.